The van der Waals surface area contributed by atoms with Gasteiger partial charge in [0.2, 0.25) is 0 Å². The van der Waals surface area contributed by atoms with E-state index in [2.05, 4.69) is 0 Å². The van der Waals surface area contributed by atoms with Crippen LogP contribution in [0.1, 0.15) is 10.4 Å². The lowest BCUT2D eigenvalue weighted by atomic mass is 10.2. The summed E-state index contributed by atoms with van der Waals surface area (Å²) in [4.78, 5) is 38.0. The molecular formula is C13H16N4O3. The van der Waals surface area contributed by atoms with Crippen molar-refractivity contribution in [2.24, 2.45) is 5.84 Å². The normalized spacial score (nSPS) is 14.8. The van der Waals surface area contributed by atoms with E-state index in [1.807, 2.05) is 11.5 Å². The fourth-order valence-electron chi connectivity index (χ4n) is 2.08. The molecule has 1 fully saturated rings. The quantitative estimate of drug-likeness (QED) is 0.296. The van der Waals surface area contributed by atoms with E-state index in [0.29, 0.717) is 31.7 Å². The number of hydrogen-bond donors (Lipinski definition) is 2. The number of nitrogens with two attached hydrogens (primary N) is 1. The van der Waals surface area contributed by atoms with Crippen LogP contribution in [0.5, 0.6) is 0 Å². The van der Waals surface area contributed by atoms with Crippen LogP contribution in [-0.4, -0.2) is 53.7 Å². The molecule has 1 heterocycles. The number of hydrogen-bond acceptors (Lipinski definition) is 4. The van der Waals surface area contributed by atoms with Crippen LogP contribution in [0.2, 0.25) is 0 Å². The summed E-state index contributed by atoms with van der Waals surface area (Å²) >= 11 is 0. The Balaban J connectivity index is 1.93. The van der Waals surface area contributed by atoms with E-state index in [1.54, 1.807) is 29.2 Å². The molecule has 0 bridgehead atoms. The van der Waals surface area contributed by atoms with Gasteiger partial charge in [-0.05, 0) is 12.1 Å². The molecule has 106 valence electrons. The number of benzene rings is 1. The van der Waals surface area contributed by atoms with E-state index < -0.39 is 11.8 Å². The Bertz CT molecular complexity index is 510. The molecule has 0 saturated carbocycles. The monoisotopic (exact) mass is 276 g/mol. The summed E-state index contributed by atoms with van der Waals surface area (Å²) in [6.07, 6.45) is 0. The summed E-state index contributed by atoms with van der Waals surface area (Å²) in [5, 5.41) is 0. The van der Waals surface area contributed by atoms with E-state index in [9.17, 15) is 14.4 Å². The van der Waals surface area contributed by atoms with Crippen molar-refractivity contribution in [2.75, 3.05) is 26.2 Å². The largest absolute Gasteiger partial charge is 0.335 e. The van der Waals surface area contributed by atoms with Gasteiger partial charge in [-0.1, -0.05) is 18.2 Å². The van der Waals surface area contributed by atoms with Crippen molar-refractivity contribution in [1.82, 2.24) is 15.2 Å². The number of amides is 3. The number of hydrazine groups is 1. The molecule has 2 rings (SSSR count). The summed E-state index contributed by atoms with van der Waals surface area (Å²) in [6.45, 7) is 1.45. The number of rotatable bonds is 1. The first kappa shape index (κ1) is 14.0. The summed E-state index contributed by atoms with van der Waals surface area (Å²) < 4.78 is 0. The molecule has 1 aliphatic heterocycles. The van der Waals surface area contributed by atoms with Gasteiger partial charge in [0.25, 0.3) is 5.91 Å². The molecule has 0 aromatic heterocycles. The number of carbonyl (C=O) groups excluding carboxylic acids is 3. The number of nitrogens with zero attached hydrogens (tertiary/aromatic N) is 2. The van der Waals surface area contributed by atoms with Crippen LogP contribution in [0.15, 0.2) is 30.3 Å². The van der Waals surface area contributed by atoms with E-state index >= 15 is 0 Å². The molecular weight excluding hydrogens is 260 g/mol. The van der Waals surface area contributed by atoms with E-state index in [-0.39, 0.29) is 5.91 Å². The number of carbonyl (C=O) groups is 3. The second-order valence-electron chi connectivity index (χ2n) is 4.42. The third-order valence-electron chi connectivity index (χ3n) is 3.20. The first-order chi connectivity index (χ1) is 9.63. The lowest BCUT2D eigenvalue weighted by molar-refractivity contribution is -0.146. The van der Waals surface area contributed by atoms with Crippen molar-refractivity contribution in [2.45, 2.75) is 0 Å². The highest BCUT2D eigenvalue weighted by Gasteiger charge is 2.27. The van der Waals surface area contributed by atoms with Crippen LogP contribution >= 0.6 is 0 Å². The third kappa shape index (κ3) is 2.94. The molecule has 3 amide bonds. The maximum atomic E-state index is 12.2. The van der Waals surface area contributed by atoms with Crippen LogP contribution in [0, 0.1) is 0 Å². The standard InChI is InChI=1S/C13H16N4O3/c14-15-11(18)13(20)17-8-6-16(7-9-17)12(19)10-4-2-1-3-5-10/h1-5H,6-9,14H2,(H,15,18). The maximum absolute atomic E-state index is 12.2. The van der Waals surface area contributed by atoms with Crippen LogP contribution in [0.25, 0.3) is 0 Å². The molecule has 1 saturated heterocycles. The zero-order chi connectivity index (χ0) is 14.5. The first-order valence-electron chi connectivity index (χ1n) is 6.27. The van der Waals surface area contributed by atoms with Gasteiger partial charge in [0.1, 0.15) is 0 Å². The van der Waals surface area contributed by atoms with Crippen molar-refractivity contribution < 1.29 is 14.4 Å². The molecule has 7 nitrogen and oxygen atoms in total. The van der Waals surface area contributed by atoms with Gasteiger partial charge in [-0.25, -0.2) is 5.84 Å². The lowest BCUT2D eigenvalue weighted by Crippen LogP contribution is -2.54. The van der Waals surface area contributed by atoms with Crippen molar-refractivity contribution in [3.05, 3.63) is 35.9 Å². The molecule has 20 heavy (non-hydrogen) atoms. The molecule has 3 N–H and O–H groups in total. The molecule has 1 aliphatic rings. The zero-order valence-electron chi connectivity index (χ0n) is 10.9. The van der Waals surface area contributed by atoms with E-state index in [4.69, 9.17) is 5.84 Å². The van der Waals surface area contributed by atoms with Gasteiger partial charge in [-0.2, -0.15) is 0 Å². The molecule has 0 spiro atoms. The maximum Gasteiger partial charge on any atom is 0.323 e. The molecule has 1 aromatic carbocycles. The fraction of sp³-hybridized carbons (Fsp3) is 0.308. The molecule has 0 aliphatic carbocycles. The topological polar surface area (TPSA) is 95.7 Å². The Morgan fingerprint density at radius 1 is 0.950 bits per heavy atom. The number of nitrogens with one attached hydrogen (secondary N) is 1. The van der Waals surface area contributed by atoms with E-state index in [1.165, 1.54) is 4.90 Å². The fourth-order valence-corrected chi connectivity index (χ4v) is 2.08. The minimum Gasteiger partial charge on any atom is -0.335 e. The minimum absolute atomic E-state index is 0.0685. The molecule has 0 radical (unpaired) electrons. The van der Waals surface area contributed by atoms with Gasteiger partial charge in [-0.15, -0.1) is 0 Å². The SMILES string of the molecule is NNC(=O)C(=O)N1CCN(C(=O)c2ccccc2)CC1. The Morgan fingerprint density at radius 3 is 2.05 bits per heavy atom. The molecule has 7 heteroatoms. The molecule has 0 unspecified atom stereocenters. The van der Waals surface area contributed by atoms with Gasteiger partial charge >= 0.3 is 11.8 Å². The molecule has 0 atom stereocenters. The van der Waals surface area contributed by atoms with Crippen molar-refractivity contribution in [1.29, 1.82) is 0 Å². The van der Waals surface area contributed by atoms with Crippen molar-refractivity contribution >= 4 is 17.7 Å². The van der Waals surface area contributed by atoms with Crippen molar-refractivity contribution in [3.63, 3.8) is 0 Å². The summed E-state index contributed by atoms with van der Waals surface area (Å²) in [5.74, 6) is 3.34. The Morgan fingerprint density at radius 2 is 1.50 bits per heavy atom. The Labute approximate surface area is 116 Å². The summed E-state index contributed by atoms with van der Waals surface area (Å²) in [7, 11) is 0. The first-order valence-corrected chi connectivity index (χ1v) is 6.27. The Hall–Kier alpha value is -2.41. The van der Waals surface area contributed by atoms with Gasteiger partial charge in [0.15, 0.2) is 0 Å². The van der Waals surface area contributed by atoms with Crippen LogP contribution < -0.4 is 11.3 Å². The Kier molecular flexibility index (Phi) is 4.31. The van der Waals surface area contributed by atoms with Crippen molar-refractivity contribution in [3.8, 4) is 0 Å². The summed E-state index contributed by atoms with van der Waals surface area (Å²) in [5.41, 5.74) is 2.43. The molecule has 1 aromatic rings. The van der Waals surface area contributed by atoms with Crippen LogP contribution in [0.4, 0.5) is 0 Å². The third-order valence-corrected chi connectivity index (χ3v) is 3.20. The smallest absolute Gasteiger partial charge is 0.323 e. The average molecular weight is 276 g/mol. The van der Waals surface area contributed by atoms with Crippen LogP contribution in [0.3, 0.4) is 0 Å². The predicted octanol–water partition coefficient (Wildman–Crippen LogP) is -1.04. The second kappa shape index (κ2) is 6.16. The predicted molar refractivity (Wildman–Crippen MR) is 71.3 cm³/mol. The second-order valence-corrected chi connectivity index (χ2v) is 4.42. The van der Waals surface area contributed by atoms with Crippen LogP contribution in [-0.2, 0) is 9.59 Å². The van der Waals surface area contributed by atoms with E-state index in [0.717, 1.165) is 0 Å². The highest BCUT2D eigenvalue weighted by atomic mass is 16.2. The minimum atomic E-state index is -0.840. The lowest BCUT2D eigenvalue weighted by Gasteiger charge is -2.34. The van der Waals surface area contributed by atoms with Gasteiger partial charge in [0.05, 0.1) is 0 Å². The zero-order valence-corrected chi connectivity index (χ0v) is 10.9. The average Bonchev–Trinajstić information content (AvgIpc) is 2.53. The summed E-state index contributed by atoms with van der Waals surface area (Å²) in [6, 6.07) is 8.96. The van der Waals surface area contributed by atoms with Gasteiger partial charge < -0.3 is 9.80 Å². The van der Waals surface area contributed by atoms with Gasteiger partial charge in [0, 0.05) is 31.7 Å². The highest BCUT2D eigenvalue weighted by molar-refractivity contribution is 6.34. The van der Waals surface area contributed by atoms with Gasteiger partial charge in [-0.3, -0.25) is 19.8 Å². The highest BCUT2D eigenvalue weighted by Crippen LogP contribution is 2.08. The number of piperazine rings is 1.